The Hall–Kier alpha value is -0.880. The van der Waals surface area contributed by atoms with E-state index in [-0.39, 0.29) is 0 Å². The van der Waals surface area contributed by atoms with Gasteiger partial charge in [-0.05, 0) is 32.3 Å². The average molecular weight is 443 g/mol. The fourth-order valence-electron chi connectivity index (χ4n) is 2.52. The van der Waals surface area contributed by atoms with Gasteiger partial charge in [-0.3, -0.25) is 0 Å². The van der Waals surface area contributed by atoms with Gasteiger partial charge in [-0.15, -0.1) is 0 Å². The molecule has 0 saturated carbocycles. The summed E-state index contributed by atoms with van der Waals surface area (Å²) in [6.45, 7) is 23.3. The Balaban J connectivity index is 3.74. The fraction of sp³-hybridized carbons (Fsp3) is 0.846. The highest BCUT2D eigenvalue weighted by molar-refractivity contribution is 4.95. The average Bonchev–Trinajstić information content (AvgIpc) is 2.73. The SMILES string of the molecule is C/C=C(\C)COCC(C)COC/C(C)=C/OCC(C)COCC(C)COCC(C)CC. The van der Waals surface area contributed by atoms with Crippen molar-refractivity contribution in [1.82, 2.24) is 0 Å². The highest BCUT2D eigenvalue weighted by atomic mass is 16.5. The van der Waals surface area contributed by atoms with Crippen LogP contribution in [-0.2, 0) is 23.7 Å². The number of allylic oxidation sites excluding steroid dienone is 1. The van der Waals surface area contributed by atoms with Crippen molar-refractivity contribution >= 4 is 0 Å². The van der Waals surface area contributed by atoms with Crippen LogP contribution in [0.3, 0.4) is 0 Å². The van der Waals surface area contributed by atoms with E-state index in [4.69, 9.17) is 23.7 Å². The third kappa shape index (κ3) is 19.5. The maximum atomic E-state index is 5.82. The highest BCUT2D eigenvalue weighted by Crippen LogP contribution is 2.06. The molecule has 0 aliphatic carbocycles. The van der Waals surface area contributed by atoms with Gasteiger partial charge >= 0.3 is 0 Å². The molecule has 0 rings (SSSR count). The van der Waals surface area contributed by atoms with Gasteiger partial charge in [0.2, 0.25) is 0 Å². The summed E-state index contributed by atoms with van der Waals surface area (Å²) in [5, 5.41) is 0. The summed E-state index contributed by atoms with van der Waals surface area (Å²) in [6.07, 6.45) is 5.04. The van der Waals surface area contributed by atoms with Gasteiger partial charge in [-0.25, -0.2) is 0 Å². The van der Waals surface area contributed by atoms with E-state index in [1.165, 1.54) is 5.57 Å². The largest absolute Gasteiger partial charge is 0.501 e. The number of hydrogen-bond donors (Lipinski definition) is 0. The van der Waals surface area contributed by atoms with Gasteiger partial charge in [0.05, 0.1) is 59.1 Å². The predicted molar refractivity (Wildman–Crippen MR) is 129 cm³/mol. The van der Waals surface area contributed by atoms with Crippen LogP contribution < -0.4 is 0 Å². The van der Waals surface area contributed by atoms with Crippen molar-refractivity contribution in [2.45, 2.75) is 61.8 Å². The molecule has 0 aromatic rings. The molecule has 0 heterocycles. The molecule has 0 amide bonds. The lowest BCUT2D eigenvalue weighted by Gasteiger charge is -2.17. The standard InChI is InChI=1S/C26H50O5/c1-9-21(3)11-27-13-23(5)15-29-17-25(7)19-31-20-26(8)18-30-16-24(6)14-28-12-22(4)10-2/h9,19,22-24,26H,10-18,20H2,1-8H3/b21-9+,25-19+. The second-order valence-corrected chi connectivity index (χ2v) is 9.37. The van der Waals surface area contributed by atoms with Gasteiger partial charge in [0.25, 0.3) is 0 Å². The lowest BCUT2D eigenvalue weighted by atomic mass is 10.1. The van der Waals surface area contributed by atoms with Gasteiger partial charge in [-0.1, -0.05) is 52.7 Å². The lowest BCUT2D eigenvalue weighted by Crippen LogP contribution is -2.19. The van der Waals surface area contributed by atoms with Crippen molar-refractivity contribution in [2.24, 2.45) is 23.7 Å². The minimum atomic E-state index is 0.344. The molecule has 31 heavy (non-hydrogen) atoms. The van der Waals surface area contributed by atoms with Crippen LogP contribution in [-0.4, -0.2) is 59.5 Å². The second kappa shape index (κ2) is 19.8. The Labute approximate surface area is 192 Å². The molecular formula is C26H50O5. The van der Waals surface area contributed by atoms with Crippen molar-refractivity contribution < 1.29 is 23.7 Å². The van der Waals surface area contributed by atoms with Crippen molar-refractivity contribution in [3.05, 3.63) is 23.5 Å². The topological polar surface area (TPSA) is 46.2 Å². The monoisotopic (exact) mass is 442 g/mol. The van der Waals surface area contributed by atoms with E-state index in [0.717, 1.165) is 31.8 Å². The summed E-state index contributed by atoms with van der Waals surface area (Å²) in [7, 11) is 0. The predicted octanol–water partition coefficient (Wildman–Crippen LogP) is 5.89. The van der Waals surface area contributed by atoms with Gasteiger partial charge in [0, 0.05) is 24.4 Å². The van der Waals surface area contributed by atoms with Gasteiger partial charge in [0.1, 0.15) is 0 Å². The van der Waals surface area contributed by atoms with E-state index in [0.29, 0.717) is 63.3 Å². The van der Waals surface area contributed by atoms with Gasteiger partial charge in [0.15, 0.2) is 0 Å². The van der Waals surface area contributed by atoms with Crippen LogP contribution in [0.2, 0.25) is 0 Å². The van der Waals surface area contributed by atoms with E-state index in [1.807, 2.05) is 13.8 Å². The Morgan fingerprint density at radius 2 is 1.03 bits per heavy atom. The summed E-state index contributed by atoms with van der Waals surface area (Å²) in [4.78, 5) is 0. The first kappa shape index (κ1) is 30.1. The summed E-state index contributed by atoms with van der Waals surface area (Å²) in [6, 6.07) is 0. The van der Waals surface area contributed by atoms with Gasteiger partial charge in [-0.2, -0.15) is 0 Å². The minimum absolute atomic E-state index is 0.344. The highest BCUT2D eigenvalue weighted by Gasteiger charge is 2.08. The first-order valence-corrected chi connectivity index (χ1v) is 12.0. The van der Waals surface area contributed by atoms with Crippen LogP contribution in [0.5, 0.6) is 0 Å². The van der Waals surface area contributed by atoms with Crippen molar-refractivity contribution in [3.8, 4) is 0 Å². The quantitative estimate of drug-likeness (QED) is 0.174. The molecule has 184 valence electrons. The summed E-state index contributed by atoms with van der Waals surface area (Å²) in [5.74, 6) is 1.76. The molecule has 0 fully saturated rings. The van der Waals surface area contributed by atoms with Gasteiger partial charge < -0.3 is 23.7 Å². The first-order chi connectivity index (χ1) is 14.8. The summed E-state index contributed by atoms with van der Waals surface area (Å²) >= 11 is 0. The van der Waals surface area contributed by atoms with Crippen LogP contribution in [0.4, 0.5) is 0 Å². The molecular weight excluding hydrogens is 392 g/mol. The maximum Gasteiger partial charge on any atom is 0.0920 e. The number of ether oxygens (including phenoxy) is 5. The van der Waals surface area contributed by atoms with E-state index < -0.39 is 0 Å². The smallest absolute Gasteiger partial charge is 0.0920 e. The molecule has 0 saturated heterocycles. The van der Waals surface area contributed by atoms with Crippen LogP contribution in [0, 0.1) is 23.7 Å². The third-order valence-electron chi connectivity index (χ3n) is 4.93. The van der Waals surface area contributed by atoms with E-state index >= 15 is 0 Å². The minimum Gasteiger partial charge on any atom is -0.501 e. The molecule has 0 aromatic heterocycles. The zero-order valence-electron chi connectivity index (χ0n) is 21.6. The lowest BCUT2D eigenvalue weighted by molar-refractivity contribution is 0.0178. The zero-order chi connectivity index (χ0) is 23.5. The molecule has 0 aromatic carbocycles. The molecule has 0 radical (unpaired) electrons. The van der Waals surface area contributed by atoms with E-state index in [1.54, 1.807) is 6.26 Å². The molecule has 0 N–H and O–H groups in total. The van der Waals surface area contributed by atoms with Crippen LogP contribution >= 0.6 is 0 Å². The van der Waals surface area contributed by atoms with Crippen molar-refractivity contribution in [3.63, 3.8) is 0 Å². The molecule has 5 nitrogen and oxygen atoms in total. The molecule has 4 unspecified atom stereocenters. The molecule has 4 atom stereocenters. The Kier molecular flexibility index (Phi) is 19.2. The summed E-state index contributed by atoms with van der Waals surface area (Å²) < 4.78 is 28.7. The number of hydrogen-bond acceptors (Lipinski definition) is 5. The Bertz CT molecular complexity index is 474. The maximum absolute atomic E-state index is 5.82. The first-order valence-electron chi connectivity index (χ1n) is 12.0. The fourth-order valence-corrected chi connectivity index (χ4v) is 2.52. The van der Waals surface area contributed by atoms with Crippen LogP contribution in [0.1, 0.15) is 61.8 Å². The Morgan fingerprint density at radius 3 is 1.52 bits per heavy atom. The molecule has 0 spiro atoms. The molecule has 5 heteroatoms. The zero-order valence-corrected chi connectivity index (χ0v) is 21.6. The molecule has 0 aliphatic heterocycles. The normalized spacial score (nSPS) is 16.8. The molecule has 0 bridgehead atoms. The van der Waals surface area contributed by atoms with Crippen LogP contribution in [0.15, 0.2) is 23.5 Å². The Morgan fingerprint density at radius 1 is 0.613 bits per heavy atom. The second-order valence-electron chi connectivity index (χ2n) is 9.37. The van der Waals surface area contributed by atoms with E-state index in [2.05, 4.69) is 47.6 Å². The molecule has 0 aliphatic rings. The third-order valence-corrected chi connectivity index (χ3v) is 4.93. The van der Waals surface area contributed by atoms with E-state index in [9.17, 15) is 0 Å². The van der Waals surface area contributed by atoms with Crippen LogP contribution in [0.25, 0.3) is 0 Å². The van der Waals surface area contributed by atoms with Crippen molar-refractivity contribution in [2.75, 3.05) is 59.5 Å². The summed E-state index contributed by atoms with van der Waals surface area (Å²) in [5.41, 5.74) is 2.34. The number of rotatable bonds is 20. The van der Waals surface area contributed by atoms with Crippen molar-refractivity contribution in [1.29, 1.82) is 0 Å².